The molecule has 1 aromatic heterocycles. The zero-order chi connectivity index (χ0) is 14.4. The maximum atomic E-state index is 13.0. The molecule has 0 unspecified atom stereocenters. The molecule has 2 aliphatic carbocycles. The molecule has 1 amide bonds. The number of hydrogen-bond donors (Lipinski definition) is 1. The van der Waals surface area contributed by atoms with Crippen molar-refractivity contribution >= 4 is 22.4 Å². The van der Waals surface area contributed by atoms with Gasteiger partial charge in [-0.3, -0.25) is 4.79 Å². The van der Waals surface area contributed by atoms with Crippen molar-refractivity contribution in [1.82, 2.24) is 4.98 Å². The molecular formula is C16H15FN2OS. The van der Waals surface area contributed by atoms with E-state index in [-0.39, 0.29) is 11.7 Å². The van der Waals surface area contributed by atoms with Crippen LogP contribution in [0.3, 0.4) is 0 Å². The molecule has 0 spiro atoms. The number of amides is 1. The summed E-state index contributed by atoms with van der Waals surface area (Å²) in [6, 6.07) is 6.24. The molecule has 4 rings (SSSR count). The Morgan fingerprint density at radius 2 is 2.00 bits per heavy atom. The predicted octanol–water partition coefficient (Wildman–Crippen LogP) is 3.83. The zero-order valence-electron chi connectivity index (χ0n) is 11.4. The molecule has 5 heteroatoms. The third kappa shape index (κ3) is 2.35. The molecule has 3 nitrogen and oxygen atoms in total. The third-order valence-corrected chi connectivity index (χ3v) is 5.10. The number of carbonyl (C=O) groups is 1. The van der Waals surface area contributed by atoms with Crippen molar-refractivity contribution in [2.45, 2.75) is 37.0 Å². The quantitative estimate of drug-likeness (QED) is 0.932. The number of halogens is 1. The van der Waals surface area contributed by atoms with E-state index in [1.807, 2.05) is 5.38 Å². The molecule has 1 heterocycles. The van der Waals surface area contributed by atoms with Gasteiger partial charge in [0.25, 0.3) is 0 Å². The van der Waals surface area contributed by atoms with Crippen LogP contribution in [0.2, 0.25) is 0 Å². The van der Waals surface area contributed by atoms with Crippen molar-refractivity contribution < 1.29 is 9.18 Å². The summed E-state index contributed by atoms with van der Waals surface area (Å²) in [6.07, 6.45) is 4.03. The summed E-state index contributed by atoms with van der Waals surface area (Å²) in [6.45, 7) is 0. The van der Waals surface area contributed by atoms with Crippen LogP contribution in [0.1, 0.15) is 42.9 Å². The summed E-state index contributed by atoms with van der Waals surface area (Å²) in [4.78, 5) is 17.0. The van der Waals surface area contributed by atoms with Gasteiger partial charge >= 0.3 is 0 Å². The maximum Gasteiger partial charge on any atom is 0.236 e. The smallest absolute Gasteiger partial charge is 0.236 e. The fraction of sp³-hybridized carbons (Fsp3) is 0.375. The highest BCUT2D eigenvalue weighted by Crippen LogP contribution is 2.49. The number of carbonyl (C=O) groups excluding carboxylic acids is 1. The van der Waals surface area contributed by atoms with E-state index in [0.29, 0.717) is 11.0 Å². The fourth-order valence-corrected chi connectivity index (χ4v) is 3.45. The largest absolute Gasteiger partial charge is 0.301 e. The van der Waals surface area contributed by atoms with Crippen LogP contribution in [-0.2, 0) is 10.2 Å². The lowest BCUT2D eigenvalue weighted by Crippen LogP contribution is -2.27. The highest BCUT2D eigenvalue weighted by molar-refractivity contribution is 7.14. The van der Waals surface area contributed by atoms with E-state index >= 15 is 0 Å². The van der Waals surface area contributed by atoms with E-state index in [0.717, 1.165) is 24.1 Å². The monoisotopic (exact) mass is 302 g/mol. The van der Waals surface area contributed by atoms with Gasteiger partial charge in [-0.2, -0.15) is 0 Å². The number of benzene rings is 1. The fourth-order valence-electron chi connectivity index (χ4n) is 2.67. The maximum absolute atomic E-state index is 13.0. The number of thiazole rings is 1. The van der Waals surface area contributed by atoms with Gasteiger partial charge in [-0.15, -0.1) is 11.3 Å². The average molecular weight is 302 g/mol. The van der Waals surface area contributed by atoms with Crippen LogP contribution in [0.4, 0.5) is 9.52 Å². The van der Waals surface area contributed by atoms with Gasteiger partial charge in [0.2, 0.25) is 5.91 Å². The topological polar surface area (TPSA) is 42.0 Å². The Morgan fingerprint density at radius 1 is 1.29 bits per heavy atom. The molecule has 108 valence electrons. The van der Waals surface area contributed by atoms with Crippen molar-refractivity contribution in [2.24, 2.45) is 0 Å². The van der Waals surface area contributed by atoms with Gasteiger partial charge in [0.15, 0.2) is 5.13 Å². The molecule has 0 aliphatic heterocycles. The average Bonchev–Trinajstić information content (AvgIpc) is 3.39. The summed E-state index contributed by atoms with van der Waals surface area (Å²) in [7, 11) is 0. The van der Waals surface area contributed by atoms with Crippen LogP contribution >= 0.6 is 11.3 Å². The summed E-state index contributed by atoms with van der Waals surface area (Å²) in [5, 5.41) is 5.64. The molecule has 21 heavy (non-hydrogen) atoms. The Balaban J connectivity index is 1.52. The Morgan fingerprint density at radius 3 is 2.62 bits per heavy atom. The molecular weight excluding hydrogens is 287 g/mol. The zero-order valence-corrected chi connectivity index (χ0v) is 12.3. The van der Waals surface area contributed by atoms with Gasteiger partial charge in [-0.1, -0.05) is 12.1 Å². The van der Waals surface area contributed by atoms with Gasteiger partial charge in [0.1, 0.15) is 5.82 Å². The van der Waals surface area contributed by atoms with Crippen LogP contribution in [0, 0.1) is 5.82 Å². The van der Waals surface area contributed by atoms with Gasteiger partial charge < -0.3 is 5.32 Å². The minimum atomic E-state index is -0.487. The first-order chi connectivity index (χ1) is 10.2. The number of nitrogens with zero attached hydrogens (tertiary/aromatic N) is 1. The number of anilines is 1. The number of nitrogens with one attached hydrogen (secondary N) is 1. The van der Waals surface area contributed by atoms with E-state index in [1.165, 1.54) is 36.3 Å². The molecule has 2 fully saturated rings. The van der Waals surface area contributed by atoms with E-state index in [2.05, 4.69) is 10.3 Å². The number of aromatic nitrogens is 1. The Labute approximate surface area is 126 Å². The minimum absolute atomic E-state index is 0.0224. The molecule has 0 radical (unpaired) electrons. The van der Waals surface area contributed by atoms with Crippen molar-refractivity contribution in [1.29, 1.82) is 0 Å². The van der Waals surface area contributed by atoms with Crippen molar-refractivity contribution in [2.75, 3.05) is 5.32 Å². The summed E-state index contributed by atoms with van der Waals surface area (Å²) < 4.78 is 13.0. The minimum Gasteiger partial charge on any atom is -0.301 e. The molecule has 0 atom stereocenters. The summed E-state index contributed by atoms with van der Waals surface area (Å²) >= 11 is 1.48. The van der Waals surface area contributed by atoms with E-state index in [4.69, 9.17) is 0 Å². The summed E-state index contributed by atoms with van der Waals surface area (Å²) in [5.74, 6) is 0.300. The second-order valence-electron chi connectivity index (χ2n) is 5.89. The molecule has 0 saturated heterocycles. The normalized spacial score (nSPS) is 19.3. The lowest BCUT2D eigenvalue weighted by Gasteiger charge is -2.14. The first-order valence-corrected chi connectivity index (χ1v) is 8.08. The van der Waals surface area contributed by atoms with Crippen molar-refractivity contribution in [3.8, 4) is 0 Å². The van der Waals surface area contributed by atoms with Crippen LogP contribution in [0.15, 0.2) is 29.6 Å². The summed E-state index contributed by atoms with van der Waals surface area (Å²) in [5.41, 5.74) is 1.50. The highest BCUT2D eigenvalue weighted by Gasteiger charge is 2.51. The van der Waals surface area contributed by atoms with E-state index in [1.54, 1.807) is 12.1 Å². The van der Waals surface area contributed by atoms with Crippen molar-refractivity contribution in [3.05, 3.63) is 46.7 Å². The first kappa shape index (κ1) is 13.0. The lowest BCUT2D eigenvalue weighted by atomic mass is 9.95. The Bertz CT molecular complexity index is 687. The van der Waals surface area contributed by atoms with Gasteiger partial charge in [-0.25, -0.2) is 9.37 Å². The molecule has 0 bridgehead atoms. The van der Waals surface area contributed by atoms with Crippen LogP contribution < -0.4 is 5.32 Å². The molecule has 2 saturated carbocycles. The second kappa shape index (κ2) is 4.63. The standard InChI is InChI=1S/C16H15FN2OS/c17-12-5-3-11(4-6-12)16(7-8-16)14(20)19-15-18-13(9-21-15)10-1-2-10/h3-6,9-10H,1-2,7-8H2,(H,18,19,20). The van der Waals surface area contributed by atoms with E-state index < -0.39 is 5.41 Å². The van der Waals surface area contributed by atoms with Crippen molar-refractivity contribution in [3.63, 3.8) is 0 Å². The number of rotatable bonds is 4. The Hall–Kier alpha value is -1.75. The van der Waals surface area contributed by atoms with Crippen LogP contribution in [-0.4, -0.2) is 10.9 Å². The first-order valence-electron chi connectivity index (χ1n) is 7.20. The molecule has 1 N–H and O–H groups in total. The molecule has 1 aromatic carbocycles. The lowest BCUT2D eigenvalue weighted by molar-refractivity contribution is -0.118. The van der Waals surface area contributed by atoms with E-state index in [9.17, 15) is 9.18 Å². The van der Waals surface area contributed by atoms with Gasteiger partial charge in [0, 0.05) is 11.3 Å². The van der Waals surface area contributed by atoms with Crippen LogP contribution in [0.25, 0.3) is 0 Å². The third-order valence-electron chi connectivity index (χ3n) is 4.32. The predicted molar refractivity (Wildman–Crippen MR) is 80.0 cm³/mol. The Kier molecular flexibility index (Phi) is 2.85. The number of hydrogen-bond acceptors (Lipinski definition) is 3. The highest BCUT2D eigenvalue weighted by atomic mass is 32.1. The molecule has 2 aliphatic rings. The molecule has 2 aromatic rings. The second-order valence-corrected chi connectivity index (χ2v) is 6.75. The SMILES string of the molecule is O=C(Nc1nc(C2CC2)cs1)C1(c2ccc(F)cc2)CC1. The van der Waals surface area contributed by atoms with Gasteiger partial charge in [-0.05, 0) is 43.4 Å². The van der Waals surface area contributed by atoms with Gasteiger partial charge in [0.05, 0.1) is 11.1 Å². The van der Waals surface area contributed by atoms with Crippen LogP contribution in [0.5, 0.6) is 0 Å².